The van der Waals surface area contributed by atoms with Crippen LogP contribution >= 0.6 is 23.5 Å². The van der Waals surface area contributed by atoms with Crippen LogP contribution in [0.25, 0.3) is 22.2 Å². The van der Waals surface area contributed by atoms with Gasteiger partial charge >= 0.3 is 25.4 Å². The molecule has 2 heterocycles. The maximum Gasteiger partial charge on any atom is 1.00 e. The second-order valence-electron chi connectivity index (χ2n) is 7.80. The Labute approximate surface area is 255 Å². The van der Waals surface area contributed by atoms with Crippen LogP contribution in [-0.4, -0.2) is 62.9 Å². The van der Waals surface area contributed by atoms with E-state index in [0.29, 0.717) is 28.7 Å². The van der Waals surface area contributed by atoms with Crippen molar-refractivity contribution in [1.29, 1.82) is 0 Å². The number of oxazole rings is 2. The Hall–Kier alpha value is -3.46. The Morgan fingerprint density at radius 3 is 1.76 bits per heavy atom. The average molecular weight is 656 g/mol. The Balaban J connectivity index is 0.000000391. The van der Waals surface area contributed by atoms with Crippen LogP contribution in [0.3, 0.4) is 0 Å². The predicted octanol–water partition coefficient (Wildman–Crippen LogP) is 2.23. The third-order valence-corrected chi connectivity index (χ3v) is 7.02. The van der Waals surface area contributed by atoms with E-state index in [0.717, 1.165) is 23.5 Å². The number of aliphatic carboxylic acids is 2. The smallest absolute Gasteiger partial charge is 0.549 e. The van der Waals surface area contributed by atoms with Crippen molar-refractivity contribution in [2.24, 2.45) is 0 Å². The van der Waals surface area contributed by atoms with Crippen molar-refractivity contribution in [3.05, 3.63) is 48.5 Å². The van der Waals surface area contributed by atoms with Crippen LogP contribution in [0.5, 0.6) is 0 Å². The zero-order valence-corrected chi connectivity index (χ0v) is 26.9. The average Bonchev–Trinajstić information content (AvgIpc) is 3.51. The number of amides is 2. The van der Waals surface area contributed by atoms with Crippen molar-refractivity contribution in [3.63, 3.8) is 0 Å². The number of carboxylic acid groups (broad SMARTS) is 2. The molecule has 0 aliphatic heterocycles. The van der Waals surface area contributed by atoms with Gasteiger partial charge in [0.2, 0.25) is 11.8 Å². The molecule has 0 bridgehead atoms. The quantitative estimate of drug-likeness (QED) is 0.135. The number of nitrogens with zero attached hydrogens (tertiary/aromatic N) is 2. The van der Waals surface area contributed by atoms with Gasteiger partial charge in [-0.2, -0.15) is 0 Å². The number of fused-ring (bicyclic) bond motifs is 2. The molecule has 6 N–H and O–H groups in total. The molecule has 2 atom stereocenters. The third-order valence-electron chi connectivity index (χ3n) is 4.97. The molecule has 16 heteroatoms. The number of rotatable bonds is 11. The number of hydrogen-bond acceptors (Lipinski definition) is 12. The summed E-state index contributed by atoms with van der Waals surface area (Å²) in [6, 6.07) is 14.3. The summed E-state index contributed by atoms with van der Waals surface area (Å²) in [5.74, 6) is -3.07. The SMILES string of the molecule is CCNC(=O)CC(Sc1nc2ccccc2o1)C(=O)[O-].CNC(=O)CC(Sc1nc2ccccc2o1)C(=O)O.N.[Zn+]. The van der Waals surface area contributed by atoms with Gasteiger partial charge in [-0.05, 0) is 31.2 Å². The van der Waals surface area contributed by atoms with Crippen LogP contribution in [-0.2, 0) is 38.7 Å². The van der Waals surface area contributed by atoms with Crippen LogP contribution in [0.15, 0.2) is 67.8 Å². The molecule has 1 radical (unpaired) electrons. The molecule has 215 valence electrons. The molecule has 2 unspecified atom stereocenters. The van der Waals surface area contributed by atoms with Gasteiger partial charge in [0.25, 0.3) is 10.4 Å². The van der Waals surface area contributed by atoms with E-state index >= 15 is 0 Å². The first-order valence-electron chi connectivity index (χ1n) is 11.7. The summed E-state index contributed by atoms with van der Waals surface area (Å²) in [5, 5.41) is 23.6. The van der Waals surface area contributed by atoms with Gasteiger partial charge in [0.15, 0.2) is 11.2 Å². The summed E-state index contributed by atoms with van der Waals surface area (Å²) in [4.78, 5) is 53.2. The molecule has 2 amide bonds. The Morgan fingerprint density at radius 2 is 1.34 bits per heavy atom. The Morgan fingerprint density at radius 1 is 0.878 bits per heavy atom. The number of hydrogen-bond donors (Lipinski definition) is 4. The van der Waals surface area contributed by atoms with E-state index < -0.39 is 22.4 Å². The van der Waals surface area contributed by atoms with E-state index in [-0.39, 0.29) is 60.7 Å². The summed E-state index contributed by atoms with van der Waals surface area (Å²) in [7, 11) is 1.46. The topological polar surface area (TPSA) is 223 Å². The molecule has 0 aliphatic carbocycles. The molecule has 0 saturated carbocycles. The van der Waals surface area contributed by atoms with Gasteiger partial charge in [0.1, 0.15) is 16.3 Å². The number of para-hydroxylation sites is 4. The second-order valence-corrected chi connectivity index (χ2v) is 10.1. The van der Waals surface area contributed by atoms with Crippen molar-refractivity contribution in [2.75, 3.05) is 13.6 Å². The van der Waals surface area contributed by atoms with E-state index in [1.165, 1.54) is 7.05 Å². The first kappa shape index (κ1) is 35.6. The third kappa shape index (κ3) is 10.8. The van der Waals surface area contributed by atoms with Gasteiger partial charge in [-0.1, -0.05) is 47.8 Å². The maximum atomic E-state index is 11.5. The number of thioether (sulfide) groups is 2. The molecule has 4 rings (SSSR count). The predicted molar refractivity (Wildman–Crippen MR) is 147 cm³/mol. The second kappa shape index (κ2) is 17.4. The largest absolute Gasteiger partial charge is 1.00 e. The zero-order chi connectivity index (χ0) is 28.4. The number of carboxylic acids is 2. The van der Waals surface area contributed by atoms with Crippen molar-refractivity contribution >= 4 is 69.5 Å². The van der Waals surface area contributed by atoms with Crippen molar-refractivity contribution in [2.45, 2.75) is 40.7 Å². The minimum atomic E-state index is -1.32. The molecule has 4 aromatic rings. The molecular formula is C25H28N5O8S2Zn. The van der Waals surface area contributed by atoms with Gasteiger partial charge in [-0.25, -0.2) is 9.97 Å². The fourth-order valence-electron chi connectivity index (χ4n) is 3.11. The van der Waals surface area contributed by atoms with Gasteiger partial charge < -0.3 is 40.6 Å². The minimum absolute atomic E-state index is 0. The van der Waals surface area contributed by atoms with E-state index in [9.17, 15) is 24.3 Å². The number of carbonyl (C=O) groups is 4. The summed E-state index contributed by atoms with van der Waals surface area (Å²) < 4.78 is 10.8. The van der Waals surface area contributed by atoms with E-state index in [1.54, 1.807) is 43.3 Å². The van der Waals surface area contributed by atoms with E-state index in [1.807, 2.05) is 12.1 Å². The molecule has 0 spiro atoms. The van der Waals surface area contributed by atoms with Crippen LogP contribution in [0, 0.1) is 0 Å². The normalized spacial score (nSPS) is 11.7. The fraction of sp³-hybridized carbons (Fsp3) is 0.280. The number of aromatic nitrogens is 2. The standard InChI is InChI=1S/C13H14N2O4S.C12H12N2O4S.H3N.Zn/c1-2-14-11(16)7-10(12(17)18)20-13-15-8-5-3-4-6-9(8)19-13;1-13-10(15)6-9(11(16)17)19-12-14-7-4-2-3-5-8(7)18-12;;/h3-6,10H,2,7H2,1H3,(H,14,16)(H,17,18);2-5,9H,6H2,1H3,(H,13,15)(H,16,17);1H3;/q;;;+1/p-1. The van der Waals surface area contributed by atoms with Crippen LogP contribution < -0.4 is 21.9 Å². The Bertz CT molecular complexity index is 1400. The first-order valence-corrected chi connectivity index (χ1v) is 13.4. The molecule has 2 aromatic carbocycles. The number of carbonyl (C=O) groups excluding carboxylic acids is 3. The summed E-state index contributed by atoms with van der Waals surface area (Å²) in [6.07, 6.45) is -0.311. The molecular weight excluding hydrogens is 628 g/mol. The minimum Gasteiger partial charge on any atom is -0.549 e. The van der Waals surface area contributed by atoms with Crippen molar-refractivity contribution < 1.29 is 57.7 Å². The van der Waals surface area contributed by atoms with Crippen LogP contribution in [0.2, 0.25) is 0 Å². The van der Waals surface area contributed by atoms with E-state index in [4.69, 9.17) is 13.9 Å². The maximum absolute atomic E-state index is 11.5. The number of benzene rings is 2. The molecule has 0 aliphatic rings. The summed E-state index contributed by atoms with van der Waals surface area (Å²) >= 11 is 1.80. The van der Waals surface area contributed by atoms with Gasteiger partial charge in [-0.15, -0.1) is 0 Å². The Kier molecular flexibility index (Phi) is 15.1. The molecule has 0 saturated heterocycles. The van der Waals surface area contributed by atoms with Crippen molar-refractivity contribution in [3.8, 4) is 0 Å². The molecule has 13 nitrogen and oxygen atoms in total. The van der Waals surface area contributed by atoms with Crippen LogP contribution in [0.1, 0.15) is 19.8 Å². The van der Waals surface area contributed by atoms with E-state index in [2.05, 4.69) is 20.6 Å². The van der Waals surface area contributed by atoms with Gasteiger partial charge in [-0.3, -0.25) is 14.4 Å². The monoisotopic (exact) mass is 654 g/mol. The fourth-order valence-corrected chi connectivity index (χ4v) is 4.84. The number of nitrogens with one attached hydrogen (secondary N) is 2. The molecule has 0 fully saturated rings. The van der Waals surface area contributed by atoms with Crippen molar-refractivity contribution in [1.82, 2.24) is 26.8 Å². The zero-order valence-electron chi connectivity index (χ0n) is 22.3. The van der Waals surface area contributed by atoms with Gasteiger partial charge in [0.05, 0.1) is 11.2 Å². The summed E-state index contributed by atoms with van der Waals surface area (Å²) in [5.41, 5.74) is 2.47. The molecule has 41 heavy (non-hydrogen) atoms. The van der Waals surface area contributed by atoms with Gasteiger partial charge in [0, 0.05) is 26.4 Å². The van der Waals surface area contributed by atoms with Crippen LogP contribution in [0.4, 0.5) is 0 Å². The first-order chi connectivity index (χ1) is 18.7. The summed E-state index contributed by atoms with van der Waals surface area (Å²) in [6.45, 7) is 2.21. The molecule has 2 aromatic heterocycles.